The molecule has 20 heavy (non-hydrogen) atoms. The molecule has 0 N–H and O–H groups in total. The Kier molecular flexibility index (Phi) is 3.12. The third-order valence-electron chi connectivity index (χ3n) is 2.89. The van der Waals surface area contributed by atoms with E-state index in [-0.39, 0.29) is 11.9 Å². The second-order valence-corrected chi connectivity index (χ2v) is 4.68. The van der Waals surface area contributed by atoms with E-state index in [2.05, 4.69) is 4.98 Å². The monoisotopic (exact) mass is 288 g/mol. The topological polar surface area (TPSA) is 65.1 Å². The summed E-state index contributed by atoms with van der Waals surface area (Å²) in [4.78, 5) is 27.6. The maximum atomic E-state index is 11.9. The van der Waals surface area contributed by atoms with Gasteiger partial charge in [-0.3, -0.25) is 4.57 Å². The van der Waals surface area contributed by atoms with E-state index in [0.717, 1.165) is 5.56 Å². The van der Waals surface area contributed by atoms with E-state index in [1.807, 2.05) is 6.07 Å². The van der Waals surface area contributed by atoms with Crippen molar-refractivity contribution in [3.8, 4) is 0 Å². The minimum absolute atomic E-state index is 0.233. The molecule has 3 aromatic rings. The van der Waals surface area contributed by atoms with Crippen molar-refractivity contribution in [2.24, 2.45) is 0 Å². The van der Waals surface area contributed by atoms with Crippen molar-refractivity contribution >= 4 is 22.6 Å². The van der Waals surface area contributed by atoms with Gasteiger partial charge in [-0.25, -0.2) is 14.6 Å². The summed E-state index contributed by atoms with van der Waals surface area (Å²) in [5.41, 5.74) is 0.439. The van der Waals surface area contributed by atoms with Crippen molar-refractivity contribution in [3.05, 3.63) is 74.2 Å². The number of nitrogens with zero attached hydrogens (tertiary/aromatic N) is 2. The Balaban J connectivity index is 2.21. The second-order valence-electron chi connectivity index (χ2n) is 4.25. The smallest absolute Gasteiger partial charge is 0.372 e. The number of hydrogen-bond donors (Lipinski definition) is 0. The fraction of sp³-hybridized carbons (Fsp3) is 0.0714. The van der Waals surface area contributed by atoms with E-state index >= 15 is 0 Å². The van der Waals surface area contributed by atoms with Crippen LogP contribution in [0.25, 0.3) is 11.0 Å². The number of pyridine rings is 1. The molecule has 0 fully saturated rings. The molecule has 0 radical (unpaired) electrons. The van der Waals surface area contributed by atoms with Crippen LogP contribution in [0, 0.1) is 0 Å². The molecule has 0 unspecified atom stereocenters. The van der Waals surface area contributed by atoms with Gasteiger partial charge in [0.05, 0.1) is 6.54 Å². The van der Waals surface area contributed by atoms with E-state index in [0.29, 0.717) is 10.7 Å². The van der Waals surface area contributed by atoms with Gasteiger partial charge in [-0.05, 0) is 29.8 Å². The molecule has 0 saturated carbocycles. The first-order chi connectivity index (χ1) is 9.65. The zero-order valence-corrected chi connectivity index (χ0v) is 11.0. The molecule has 1 aromatic carbocycles. The lowest BCUT2D eigenvalue weighted by Gasteiger charge is -2.07. The molecule has 2 heterocycles. The summed E-state index contributed by atoms with van der Waals surface area (Å²) in [6.07, 6.45) is 1.52. The Morgan fingerprint density at radius 2 is 2.05 bits per heavy atom. The fourth-order valence-electron chi connectivity index (χ4n) is 2.00. The zero-order valence-electron chi connectivity index (χ0n) is 10.2. The highest BCUT2D eigenvalue weighted by atomic mass is 35.5. The van der Waals surface area contributed by atoms with Crippen LogP contribution in [0.1, 0.15) is 5.56 Å². The Labute approximate surface area is 118 Å². The molecule has 100 valence electrons. The SMILES string of the molecule is O=c1oc(=O)n(Cc2cccc(Cl)c2)c2ncccc12. The van der Waals surface area contributed by atoms with Crippen LogP contribution in [0.4, 0.5) is 0 Å². The highest BCUT2D eigenvalue weighted by Gasteiger charge is 2.10. The van der Waals surface area contributed by atoms with Gasteiger partial charge >= 0.3 is 11.4 Å². The predicted molar refractivity (Wildman–Crippen MR) is 75.1 cm³/mol. The van der Waals surface area contributed by atoms with E-state index in [9.17, 15) is 9.59 Å². The van der Waals surface area contributed by atoms with Crippen LogP contribution < -0.4 is 11.4 Å². The molecule has 0 saturated heterocycles. The molecule has 3 rings (SSSR count). The average molecular weight is 289 g/mol. The van der Waals surface area contributed by atoms with Crippen molar-refractivity contribution in [1.29, 1.82) is 0 Å². The Morgan fingerprint density at radius 3 is 2.85 bits per heavy atom. The Bertz CT molecular complexity index is 899. The molecule has 0 atom stereocenters. The maximum Gasteiger partial charge on any atom is 0.423 e. The van der Waals surface area contributed by atoms with Gasteiger partial charge in [0.15, 0.2) is 5.65 Å². The van der Waals surface area contributed by atoms with E-state index in [4.69, 9.17) is 16.0 Å². The number of benzene rings is 1. The van der Waals surface area contributed by atoms with Crippen LogP contribution in [-0.4, -0.2) is 9.55 Å². The molecule has 0 amide bonds. The number of fused-ring (bicyclic) bond motifs is 1. The summed E-state index contributed by atoms with van der Waals surface area (Å²) in [5.74, 6) is -0.735. The van der Waals surface area contributed by atoms with Gasteiger partial charge in [0.2, 0.25) is 0 Å². The first-order valence-electron chi connectivity index (χ1n) is 5.88. The van der Waals surface area contributed by atoms with Crippen LogP contribution in [0.5, 0.6) is 0 Å². The number of halogens is 1. The predicted octanol–water partition coefficient (Wildman–Crippen LogP) is 2.05. The molecule has 0 aliphatic rings. The summed E-state index contributed by atoms with van der Waals surface area (Å²) < 4.78 is 6.01. The molecule has 0 spiro atoms. The van der Waals surface area contributed by atoms with Crippen molar-refractivity contribution in [2.45, 2.75) is 6.54 Å². The second kappa shape index (κ2) is 4.94. The van der Waals surface area contributed by atoms with Gasteiger partial charge in [0.1, 0.15) is 5.39 Å². The van der Waals surface area contributed by atoms with Crippen molar-refractivity contribution < 1.29 is 4.42 Å². The van der Waals surface area contributed by atoms with Gasteiger partial charge in [0.25, 0.3) is 0 Å². The minimum atomic E-state index is -0.735. The summed E-state index contributed by atoms with van der Waals surface area (Å²) in [5, 5.41) is 0.847. The highest BCUT2D eigenvalue weighted by Crippen LogP contribution is 2.12. The summed E-state index contributed by atoms with van der Waals surface area (Å²) in [7, 11) is 0. The number of aromatic nitrogens is 2. The third kappa shape index (κ3) is 2.23. The summed E-state index contributed by atoms with van der Waals surface area (Å²) in [6, 6.07) is 10.3. The summed E-state index contributed by atoms with van der Waals surface area (Å²) in [6.45, 7) is 0.233. The molecule has 6 heteroatoms. The lowest BCUT2D eigenvalue weighted by molar-refractivity contribution is 0.423. The van der Waals surface area contributed by atoms with Crippen LogP contribution in [0.2, 0.25) is 5.02 Å². The first-order valence-corrected chi connectivity index (χ1v) is 6.26. The van der Waals surface area contributed by atoms with Crippen LogP contribution in [0.3, 0.4) is 0 Å². The van der Waals surface area contributed by atoms with Crippen molar-refractivity contribution in [1.82, 2.24) is 9.55 Å². The molecular weight excluding hydrogens is 280 g/mol. The van der Waals surface area contributed by atoms with Gasteiger partial charge in [0, 0.05) is 11.2 Å². The van der Waals surface area contributed by atoms with Crippen molar-refractivity contribution in [3.63, 3.8) is 0 Å². The molecule has 0 aliphatic heterocycles. The Hall–Kier alpha value is -2.40. The standard InChI is InChI=1S/C14H9ClN2O3/c15-10-4-1-3-9(7-10)8-17-12-11(5-2-6-16-12)13(18)20-14(17)19/h1-7H,8H2. The quantitative estimate of drug-likeness (QED) is 0.724. The Morgan fingerprint density at radius 1 is 1.20 bits per heavy atom. The third-order valence-corrected chi connectivity index (χ3v) is 3.13. The highest BCUT2D eigenvalue weighted by molar-refractivity contribution is 6.30. The lowest BCUT2D eigenvalue weighted by Crippen LogP contribution is -2.26. The maximum absolute atomic E-state index is 11.9. The molecular formula is C14H9ClN2O3. The van der Waals surface area contributed by atoms with E-state index < -0.39 is 11.4 Å². The molecule has 2 aromatic heterocycles. The van der Waals surface area contributed by atoms with Crippen LogP contribution in [-0.2, 0) is 6.54 Å². The van der Waals surface area contributed by atoms with Gasteiger partial charge in [-0.1, -0.05) is 23.7 Å². The van der Waals surface area contributed by atoms with Crippen LogP contribution >= 0.6 is 11.6 Å². The number of rotatable bonds is 2. The molecule has 5 nitrogen and oxygen atoms in total. The fourth-order valence-corrected chi connectivity index (χ4v) is 2.22. The van der Waals surface area contributed by atoms with Crippen molar-refractivity contribution in [2.75, 3.05) is 0 Å². The average Bonchev–Trinajstić information content (AvgIpc) is 2.43. The molecule has 0 aliphatic carbocycles. The first kappa shape index (κ1) is 12.6. The van der Waals surface area contributed by atoms with Gasteiger partial charge < -0.3 is 4.42 Å². The van der Waals surface area contributed by atoms with Gasteiger partial charge in [-0.2, -0.15) is 0 Å². The number of hydrogen-bond acceptors (Lipinski definition) is 4. The van der Waals surface area contributed by atoms with Gasteiger partial charge in [-0.15, -0.1) is 0 Å². The molecule has 0 bridgehead atoms. The van der Waals surface area contributed by atoms with E-state index in [1.165, 1.54) is 10.8 Å². The minimum Gasteiger partial charge on any atom is -0.372 e. The lowest BCUT2D eigenvalue weighted by atomic mass is 10.2. The summed E-state index contributed by atoms with van der Waals surface area (Å²) >= 11 is 5.92. The normalized spacial score (nSPS) is 10.8. The zero-order chi connectivity index (χ0) is 14.1. The largest absolute Gasteiger partial charge is 0.423 e. The van der Waals surface area contributed by atoms with E-state index in [1.54, 1.807) is 30.3 Å². The van der Waals surface area contributed by atoms with Crippen LogP contribution in [0.15, 0.2) is 56.6 Å².